The first-order valence-corrected chi connectivity index (χ1v) is 11.3. The zero-order chi connectivity index (χ0) is 23.1. The van der Waals surface area contributed by atoms with Crippen LogP contribution < -0.4 is 5.56 Å². The molecule has 0 unspecified atom stereocenters. The summed E-state index contributed by atoms with van der Waals surface area (Å²) in [6, 6.07) is 17.1. The van der Waals surface area contributed by atoms with Crippen LogP contribution in [0.2, 0.25) is 0 Å². The van der Waals surface area contributed by atoms with Crippen LogP contribution in [0.4, 0.5) is 0 Å². The quantitative estimate of drug-likeness (QED) is 0.653. The van der Waals surface area contributed by atoms with Crippen LogP contribution in [0, 0.1) is 11.8 Å². The fourth-order valence-corrected chi connectivity index (χ4v) is 5.57. The van der Waals surface area contributed by atoms with Gasteiger partial charge in [-0.1, -0.05) is 30.3 Å². The maximum absolute atomic E-state index is 13.5. The summed E-state index contributed by atoms with van der Waals surface area (Å²) in [5, 5.41) is 10.4. The summed E-state index contributed by atoms with van der Waals surface area (Å²) < 4.78 is 1.84. The molecule has 1 saturated heterocycles. The lowest BCUT2D eigenvalue weighted by Gasteiger charge is -2.32. The van der Waals surface area contributed by atoms with Crippen LogP contribution >= 0.6 is 0 Å². The van der Waals surface area contributed by atoms with Crippen molar-refractivity contribution < 1.29 is 9.90 Å². The number of aliphatic hydroxyl groups excluding tert-OH is 1. The molecule has 4 atom stereocenters. The Morgan fingerprint density at radius 3 is 2.48 bits per heavy atom. The second-order valence-corrected chi connectivity index (χ2v) is 9.11. The van der Waals surface area contributed by atoms with Gasteiger partial charge in [-0.15, -0.1) is 0 Å². The first-order valence-electron chi connectivity index (χ1n) is 11.3. The van der Waals surface area contributed by atoms with Crippen LogP contribution in [-0.2, 0) is 17.9 Å². The van der Waals surface area contributed by atoms with Crippen molar-refractivity contribution >= 4 is 5.91 Å². The van der Waals surface area contributed by atoms with Crippen molar-refractivity contribution in [1.82, 2.24) is 19.4 Å². The van der Waals surface area contributed by atoms with Gasteiger partial charge in [-0.05, 0) is 35.4 Å². The fraction of sp³-hybridized carbons (Fsp3) is 0.346. The van der Waals surface area contributed by atoms with Crippen LogP contribution in [0.15, 0.2) is 71.8 Å². The molecule has 170 valence electrons. The average Bonchev–Trinajstić information content (AvgIpc) is 3.35. The van der Waals surface area contributed by atoms with Gasteiger partial charge in [0.1, 0.15) is 0 Å². The molecule has 1 fully saturated rings. The molecule has 3 aromatic rings. The number of amides is 1. The highest BCUT2D eigenvalue weighted by Crippen LogP contribution is 2.50. The van der Waals surface area contributed by atoms with E-state index in [1.165, 1.54) is 0 Å². The highest BCUT2D eigenvalue weighted by atomic mass is 16.3. The lowest BCUT2D eigenvalue weighted by Crippen LogP contribution is -2.47. The van der Waals surface area contributed by atoms with Gasteiger partial charge in [0.05, 0.1) is 12.1 Å². The number of likely N-dealkylation sites (N-methyl/N-ethyl adjacent to an activating group) is 1. The van der Waals surface area contributed by atoms with Crippen molar-refractivity contribution in [3.05, 3.63) is 88.6 Å². The first kappa shape index (κ1) is 21.6. The van der Waals surface area contributed by atoms with E-state index in [4.69, 9.17) is 0 Å². The van der Waals surface area contributed by atoms with E-state index in [9.17, 15) is 14.7 Å². The van der Waals surface area contributed by atoms with E-state index in [-0.39, 0.29) is 36.0 Å². The van der Waals surface area contributed by atoms with Gasteiger partial charge in [0.15, 0.2) is 0 Å². The van der Waals surface area contributed by atoms with E-state index < -0.39 is 6.04 Å². The summed E-state index contributed by atoms with van der Waals surface area (Å²) >= 11 is 0. The molecule has 0 bridgehead atoms. The van der Waals surface area contributed by atoms with E-state index in [0.29, 0.717) is 18.7 Å². The topological polar surface area (TPSA) is 78.7 Å². The van der Waals surface area contributed by atoms with Crippen molar-refractivity contribution in [3.8, 4) is 11.1 Å². The molecule has 2 aromatic heterocycles. The highest BCUT2D eigenvalue weighted by molar-refractivity contribution is 5.82. The molecular weight excluding hydrogens is 416 g/mol. The van der Waals surface area contributed by atoms with E-state index in [1.54, 1.807) is 31.4 Å². The fourth-order valence-electron chi connectivity index (χ4n) is 5.57. The minimum atomic E-state index is -0.441. The predicted octanol–water partition coefficient (Wildman–Crippen LogP) is 2.16. The van der Waals surface area contributed by atoms with Gasteiger partial charge in [-0.25, -0.2) is 0 Å². The maximum Gasteiger partial charge on any atom is 0.258 e. The normalized spacial score (nSPS) is 23.8. The minimum Gasteiger partial charge on any atom is -0.396 e. The Balaban J connectivity index is 1.60. The second kappa shape index (κ2) is 8.57. The van der Waals surface area contributed by atoms with Gasteiger partial charge in [0.25, 0.3) is 5.56 Å². The van der Waals surface area contributed by atoms with Crippen LogP contribution in [0.1, 0.15) is 17.3 Å². The van der Waals surface area contributed by atoms with E-state index >= 15 is 0 Å². The number of hydrogen-bond acceptors (Lipinski definition) is 5. The lowest BCUT2D eigenvalue weighted by atomic mass is 9.88. The molecule has 0 radical (unpaired) electrons. The number of hydrogen-bond donors (Lipinski definition) is 1. The van der Waals surface area contributed by atoms with E-state index in [0.717, 1.165) is 16.8 Å². The molecule has 2 aliphatic rings. The number of carbonyl (C=O) groups excluding carboxylic acids is 1. The van der Waals surface area contributed by atoms with Crippen molar-refractivity contribution in [3.63, 3.8) is 0 Å². The second-order valence-electron chi connectivity index (χ2n) is 9.11. The first-order chi connectivity index (χ1) is 16.0. The number of fused-ring (bicyclic) bond motifs is 3. The molecule has 1 aromatic carbocycles. The smallest absolute Gasteiger partial charge is 0.258 e. The van der Waals surface area contributed by atoms with Gasteiger partial charge < -0.3 is 14.6 Å². The third-order valence-electron chi connectivity index (χ3n) is 7.08. The number of benzene rings is 1. The summed E-state index contributed by atoms with van der Waals surface area (Å²) in [6.07, 6.45) is 3.37. The Bertz CT molecular complexity index is 1210. The summed E-state index contributed by atoms with van der Waals surface area (Å²) in [4.78, 5) is 34.6. The summed E-state index contributed by atoms with van der Waals surface area (Å²) in [7, 11) is 3.51. The molecule has 4 heterocycles. The molecule has 1 amide bonds. The molecule has 33 heavy (non-hydrogen) atoms. The summed E-state index contributed by atoms with van der Waals surface area (Å²) in [6.45, 7) is 0.963. The maximum atomic E-state index is 13.5. The van der Waals surface area contributed by atoms with Crippen molar-refractivity contribution in [2.75, 3.05) is 20.7 Å². The predicted molar refractivity (Wildman–Crippen MR) is 125 cm³/mol. The number of rotatable bonds is 5. The van der Waals surface area contributed by atoms with Gasteiger partial charge in [0.2, 0.25) is 5.91 Å². The van der Waals surface area contributed by atoms with Crippen LogP contribution in [-0.4, -0.2) is 57.1 Å². The van der Waals surface area contributed by atoms with Crippen molar-refractivity contribution in [2.45, 2.75) is 25.2 Å². The van der Waals surface area contributed by atoms with Crippen LogP contribution in [0.3, 0.4) is 0 Å². The number of nitrogens with zero attached hydrogens (tertiary/aromatic N) is 4. The number of pyridine rings is 2. The van der Waals surface area contributed by atoms with Gasteiger partial charge in [-0.3, -0.25) is 19.5 Å². The van der Waals surface area contributed by atoms with Crippen molar-refractivity contribution in [1.29, 1.82) is 0 Å². The third-order valence-corrected chi connectivity index (χ3v) is 7.08. The van der Waals surface area contributed by atoms with Crippen LogP contribution in [0.5, 0.6) is 0 Å². The monoisotopic (exact) mass is 444 g/mol. The van der Waals surface area contributed by atoms with Gasteiger partial charge in [0, 0.05) is 69.3 Å². The standard InChI is InChI=1S/C26H28N4O3/c1-28(2)26(33)24-21(16-31)20-15-29-22(23(20)30(24)14-17-6-4-3-5-7-17)9-8-19(25(29)32)18-10-12-27-13-11-18/h3-13,20-21,23-24,31H,14-16H2,1-2H3/t20-,21-,23+,24-/m0/s1. The lowest BCUT2D eigenvalue weighted by molar-refractivity contribution is -0.136. The Hall–Kier alpha value is -3.29. The molecule has 1 N–H and O–H groups in total. The molecule has 7 nitrogen and oxygen atoms in total. The van der Waals surface area contributed by atoms with E-state index in [1.807, 2.05) is 59.2 Å². The molecule has 7 heteroatoms. The van der Waals surface area contributed by atoms with Crippen LogP contribution in [0.25, 0.3) is 11.1 Å². The molecule has 5 rings (SSSR count). The number of likely N-dealkylation sites (tertiary alicyclic amines) is 1. The Labute approximate surface area is 192 Å². The van der Waals surface area contributed by atoms with Gasteiger partial charge in [-0.2, -0.15) is 0 Å². The largest absolute Gasteiger partial charge is 0.396 e. The molecule has 0 aliphatic carbocycles. The SMILES string of the molecule is CN(C)C(=O)[C@@H]1[C@@H](CO)[C@@H]2Cn3c(ccc(-c4ccncc4)c3=O)[C@@H]2N1Cc1ccccc1. The molecular formula is C26H28N4O3. The highest BCUT2D eigenvalue weighted by Gasteiger charge is 2.55. The summed E-state index contributed by atoms with van der Waals surface area (Å²) in [5.74, 6) is -0.285. The number of aliphatic hydroxyl groups is 1. The molecule has 2 aliphatic heterocycles. The number of aromatic nitrogens is 2. The third kappa shape index (κ3) is 3.57. The Morgan fingerprint density at radius 1 is 1.09 bits per heavy atom. The number of carbonyl (C=O) groups is 1. The Morgan fingerprint density at radius 2 is 1.82 bits per heavy atom. The van der Waals surface area contributed by atoms with Crippen molar-refractivity contribution in [2.24, 2.45) is 11.8 Å². The average molecular weight is 445 g/mol. The Kier molecular flexibility index (Phi) is 5.60. The minimum absolute atomic E-state index is 0.0123. The summed E-state index contributed by atoms with van der Waals surface area (Å²) in [5.41, 5.74) is 3.44. The van der Waals surface area contributed by atoms with Gasteiger partial charge >= 0.3 is 0 Å². The zero-order valence-corrected chi connectivity index (χ0v) is 18.8. The van der Waals surface area contributed by atoms with E-state index in [2.05, 4.69) is 9.88 Å². The zero-order valence-electron chi connectivity index (χ0n) is 18.8. The molecule has 0 saturated carbocycles. The molecule has 0 spiro atoms.